The van der Waals surface area contributed by atoms with Crippen molar-refractivity contribution in [1.29, 1.82) is 0 Å². The number of halogens is 1. The van der Waals surface area contributed by atoms with E-state index >= 15 is 0 Å². The summed E-state index contributed by atoms with van der Waals surface area (Å²) in [5.41, 5.74) is 7.69. The zero-order valence-corrected chi connectivity index (χ0v) is 11.0. The number of anilines is 1. The van der Waals surface area contributed by atoms with Crippen LogP contribution in [0.1, 0.15) is 5.56 Å². The van der Waals surface area contributed by atoms with Crippen LogP contribution in [0.15, 0.2) is 38.6 Å². The molecule has 2 aromatic rings. The molecule has 1 heterocycles. The summed E-state index contributed by atoms with van der Waals surface area (Å²) in [6.07, 6.45) is 1.82. The molecule has 0 bridgehead atoms. The quantitative estimate of drug-likeness (QED) is 0.692. The molecule has 0 atom stereocenters. The molecule has 2 rings (SSSR count). The fourth-order valence-corrected chi connectivity index (χ4v) is 3.47. The van der Waals surface area contributed by atoms with E-state index in [4.69, 9.17) is 5.73 Å². The van der Waals surface area contributed by atoms with Gasteiger partial charge in [-0.25, -0.2) is 4.98 Å². The third kappa shape index (κ3) is 2.96. The largest absolute Gasteiger partial charge is 0.399 e. The van der Waals surface area contributed by atoms with Crippen molar-refractivity contribution in [3.63, 3.8) is 0 Å². The molecule has 0 saturated heterocycles. The molecule has 15 heavy (non-hydrogen) atoms. The lowest BCUT2D eigenvalue weighted by molar-refractivity contribution is 1.24. The minimum Gasteiger partial charge on any atom is -0.399 e. The number of nitrogens with zero attached hydrogens (tertiary/aromatic N) is 1. The Morgan fingerprint density at radius 3 is 3.00 bits per heavy atom. The van der Waals surface area contributed by atoms with Crippen LogP contribution in [0.2, 0.25) is 0 Å². The number of aromatic nitrogens is 1. The summed E-state index contributed by atoms with van der Waals surface area (Å²) in [4.78, 5) is 4.22. The zero-order valence-electron chi connectivity index (χ0n) is 7.81. The van der Waals surface area contributed by atoms with E-state index in [2.05, 4.69) is 20.9 Å². The number of nitrogen functional groups attached to an aromatic ring is 1. The van der Waals surface area contributed by atoms with E-state index in [0.29, 0.717) is 0 Å². The number of hydrogen-bond acceptors (Lipinski definition) is 4. The molecule has 0 amide bonds. The fourth-order valence-electron chi connectivity index (χ4n) is 1.10. The van der Waals surface area contributed by atoms with Crippen molar-refractivity contribution in [2.75, 3.05) is 5.73 Å². The summed E-state index contributed by atoms with van der Waals surface area (Å²) in [5, 5.41) is 1.99. The van der Waals surface area contributed by atoms with Gasteiger partial charge in [-0.1, -0.05) is 33.8 Å². The lowest BCUT2D eigenvalue weighted by atomic mass is 10.2. The van der Waals surface area contributed by atoms with Gasteiger partial charge < -0.3 is 5.73 Å². The van der Waals surface area contributed by atoms with Gasteiger partial charge in [-0.15, -0.1) is 11.3 Å². The Labute approximate surface area is 105 Å². The van der Waals surface area contributed by atoms with Crippen molar-refractivity contribution < 1.29 is 0 Å². The minimum absolute atomic E-state index is 0.782. The summed E-state index contributed by atoms with van der Waals surface area (Å²) in [6.45, 7) is 0. The van der Waals surface area contributed by atoms with Gasteiger partial charge in [0.2, 0.25) is 0 Å². The van der Waals surface area contributed by atoms with Gasteiger partial charge in [-0.3, -0.25) is 0 Å². The average molecular weight is 301 g/mol. The van der Waals surface area contributed by atoms with Crippen LogP contribution in [0.3, 0.4) is 0 Å². The highest BCUT2D eigenvalue weighted by atomic mass is 79.9. The molecule has 0 radical (unpaired) electrons. The monoisotopic (exact) mass is 300 g/mol. The topological polar surface area (TPSA) is 38.9 Å². The van der Waals surface area contributed by atoms with Crippen LogP contribution in [0.25, 0.3) is 0 Å². The van der Waals surface area contributed by atoms with Gasteiger partial charge >= 0.3 is 0 Å². The molecule has 0 fully saturated rings. The number of thioether (sulfide) groups is 1. The molecule has 78 valence electrons. The van der Waals surface area contributed by atoms with Crippen molar-refractivity contribution in [2.45, 2.75) is 10.1 Å². The highest BCUT2D eigenvalue weighted by Crippen LogP contribution is 2.28. The molecule has 0 unspecified atom stereocenters. The third-order valence-corrected chi connectivity index (χ3v) is 4.59. The van der Waals surface area contributed by atoms with E-state index in [1.54, 1.807) is 23.1 Å². The molecule has 0 saturated carbocycles. The Morgan fingerprint density at radius 2 is 2.33 bits per heavy atom. The number of rotatable bonds is 3. The Balaban J connectivity index is 2.05. The molecule has 5 heteroatoms. The van der Waals surface area contributed by atoms with Crippen LogP contribution in [0.4, 0.5) is 5.69 Å². The average Bonchev–Trinajstić information content (AvgIpc) is 2.69. The number of hydrogen-bond donors (Lipinski definition) is 1. The molecule has 0 aliphatic rings. The molecule has 1 aromatic heterocycles. The summed E-state index contributed by atoms with van der Waals surface area (Å²) in [7, 11) is 0. The van der Waals surface area contributed by atoms with Crippen LogP contribution in [-0.4, -0.2) is 4.98 Å². The molecule has 1 aromatic carbocycles. The Morgan fingerprint density at radius 1 is 1.47 bits per heavy atom. The first-order valence-corrected chi connectivity index (χ1v) is 6.98. The van der Waals surface area contributed by atoms with Crippen molar-refractivity contribution in [1.82, 2.24) is 4.98 Å². The maximum atomic E-state index is 5.67. The standard InChI is InChI=1S/C10H9BrN2S2/c11-9-5-8(12)2-1-7(9)6-15-10-13-3-4-14-10/h1-5H,6,12H2. The fraction of sp³-hybridized carbons (Fsp3) is 0.100. The van der Waals surface area contributed by atoms with Crippen LogP contribution in [0, 0.1) is 0 Å². The number of benzene rings is 1. The zero-order chi connectivity index (χ0) is 10.7. The second-order valence-corrected chi connectivity index (χ2v) is 5.91. The van der Waals surface area contributed by atoms with E-state index in [1.807, 2.05) is 29.8 Å². The second-order valence-electron chi connectivity index (χ2n) is 2.94. The van der Waals surface area contributed by atoms with Gasteiger partial charge in [0.25, 0.3) is 0 Å². The highest BCUT2D eigenvalue weighted by molar-refractivity contribution is 9.10. The van der Waals surface area contributed by atoms with Crippen LogP contribution in [-0.2, 0) is 5.75 Å². The molecule has 0 aliphatic carbocycles. The maximum Gasteiger partial charge on any atom is 0.150 e. The predicted octanol–water partition coefficient (Wildman–Crippen LogP) is 3.78. The molecular weight excluding hydrogens is 292 g/mol. The Kier molecular flexibility index (Phi) is 3.66. The molecule has 2 N–H and O–H groups in total. The predicted molar refractivity (Wildman–Crippen MR) is 70.2 cm³/mol. The van der Waals surface area contributed by atoms with Crippen molar-refractivity contribution in [3.05, 3.63) is 39.8 Å². The van der Waals surface area contributed by atoms with Crippen molar-refractivity contribution in [2.24, 2.45) is 0 Å². The van der Waals surface area contributed by atoms with E-state index in [0.717, 1.165) is 20.3 Å². The summed E-state index contributed by atoms with van der Waals surface area (Å²) in [5.74, 6) is 0.911. The minimum atomic E-state index is 0.782. The van der Waals surface area contributed by atoms with Gasteiger partial charge in [-0.2, -0.15) is 0 Å². The molecule has 2 nitrogen and oxygen atoms in total. The third-order valence-electron chi connectivity index (χ3n) is 1.84. The Hall–Kier alpha value is -0.520. The highest BCUT2D eigenvalue weighted by Gasteiger charge is 2.02. The number of nitrogens with two attached hydrogens (primary N) is 1. The van der Waals surface area contributed by atoms with E-state index < -0.39 is 0 Å². The molecule has 0 spiro atoms. The Bertz CT molecular complexity index is 443. The van der Waals surface area contributed by atoms with Crippen molar-refractivity contribution in [3.8, 4) is 0 Å². The smallest absolute Gasteiger partial charge is 0.150 e. The lowest BCUT2D eigenvalue weighted by Crippen LogP contribution is -1.88. The lowest BCUT2D eigenvalue weighted by Gasteiger charge is -2.03. The van der Waals surface area contributed by atoms with Crippen molar-refractivity contribution >= 4 is 44.7 Å². The summed E-state index contributed by atoms with van der Waals surface area (Å²) >= 11 is 6.90. The normalized spacial score (nSPS) is 10.5. The maximum absolute atomic E-state index is 5.67. The van der Waals surface area contributed by atoms with Gasteiger partial charge in [0, 0.05) is 27.5 Å². The van der Waals surface area contributed by atoms with Crippen LogP contribution >= 0.6 is 39.0 Å². The van der Waals surface area contributed by atoms with Crippen LogP contribution in [0.5, 0.6) is 0 Å². The van der Waals surface area contributed by atoms with Gasteiger partial charge in [-0.05, 0) is 17.7 Å². The first kappa shape index (κ1) is 11.0. The van der Waals surface area contributed by atoms with E-state index in [-0.39, 0.29) is 0 Å². The number of thiazole rings is 1. The first-order valence-electron chi connectivity index (χ1n) is 4.32. The summed E-state index contributed by atoms with van der Waals surface area (Å²) in [6, 6.07) is 5.89. The molecule has 0 aliphatic heterocycles. The SMILES string of the molecule is Nc1ccc(CSc2nccs2)c(Br)c1. The van der Waals surface area contributed by atoms with E-state index in [1.165, 1.54) is 5.56 Å². The second kappa shape index (κ2) is 5.01. The van der Waals surface area contributed by atoms with Crippen LogP contribution < -0.4 is 5.73 Å². The van der Waals surface area contributed by atoms with Gasteiger partial charge in [0.15, 0.2) is 0 Å². The molecular formula is C10H9BrN2S2. The van der Waals surface area contributed by atoms with Gasteiger partial charge in [0.05, 0.1) is 0 Å². The summed E-state index contributed by atoms with van der Waals surface area (Å²) < 4.78 is 2.16. The first-order chi connectivity index (χ1) is 7.25. The van der Waals surface area contributed by atoms with E-state index in [9.17, 15) is 0 Å². The van der Waals surface area contributed by atoms with Gasteiger partial charge in [0.1, 0.15) is 4.34 Å².